The first-order valence-corrected chi connectivity index (χ1v) is 9.37. The van der Waals surface area contributed by atoms with Gasteiger partial charge in [-0.05, 0) is 36.2 Å². The van der Waals surface area contributed by atoms with E-state index in [2.05, 4.69) is 20.3 Å². The molecule has 10 heteroatoms. The maximum absolute atomic E-state index is 14.6. The van der Waals surface area contributed by atoms with Crippen LogP contribution in [0, 0.1) is 18.6 Å². The topological polar surface area (TPSA) is 70.7 Å². The Morgan fingerprint density at radius 1 is 1.03 bits per heavy atom. The predicted octanol–water partition coefficient (Wildman–Crippen LogP) is 5.41. The SMILES string of the molecule is Cc1ncc(NC(=O)Cc2ccc(-c3cnc4[nH]cc(F)c4c3)cc2F)cc1C(F)(F)F. The summed E-state index contributed by atoms with van der Waals surface area (Å²) in [5.74, 6) is -1.87. The van der Waals surface area contributed by atoms with Crippen molar-refractivity contribution in [3.8, 4) is 11.1 Å². The highest BCUT2D eigenvalue weighted by Gasteiger charge is 2.33. The minimum Gasteiger partial charge on any atom is -0.343 e. The lowest BCUT2D eigenvalue weighted by molar-refractivity contribution is -0.138. The number of nitrogens with zero attached hydrogens (tertiary/aromatic N) is 2. The number of rotatable bonds is 4. The zero-order valence-electron chi connectivity index (χ0n) is 16.5. The van der Waals surface area contributed by atoms with Gasteiger partial charge in [0.1, 0.15) is 17.3 Å². The molecule has 0 aliphatic carbocycles. The van der Waals surface area contributed by atoms with Gasteiger partial charge in [0.25, 0.3) is 0 Å². The largest absolute Gasteiger partial charge is 0.418 e. The number of benzene rings is 1. The van der Waals surface area contributed by atoms with E-state index in [0.29, 0.717) is 16.8 Å². The Balaban J connectivity index is 1.51. The van der Waals surface area contributed by atoms with Gasteiger partial charge in [-0.1, -0.05) is 12.1 Å². The average Bonchev–Trinajstić information content (AvgIpc) is 3.10. The number of aryl methyl sites for hydroxylation is 1. The number of aromatic nitrogens is 3. The number of hydrogen-bond acceptors (Lipinski definition) is 3. The van der Waals surface area contributed by atoms with Gasteiger partial charge in [-0.25, -0.2) is 13.8 Å². The van der Waals surface area contributed by atoms with Crippen LogP contribution in [0.1, 0.15) is 16.8 Å². The first kappa shape index (κ1) is 21.4. The molecule has 0 saturated carbocycles. The Bertz CT molecular complexity index is 1330. The molecule has 1 amide bonds. The molecule has 2 N–H and O–H groups in total. The number of amides is 1. The summed E-state index contributed by atoms with van der Waals surface area (Å²) in [6, 6.07) is 6.43. The van der Waals surface area contributed by atoms with Crippen LogP contribution in [-0.4, -0.2) is 20.9 Å². The van der Waals surface area contributed by atoms with Crippen molar-refractivity contribution < 1.29 is 26.7 Å². The van der Waals surface area contributed by atoms with E-state index in [4.69, 9.17) is 0 Å². The summed E-state index contributed by atoms with van der Waals surface area (Å²) < 4.78 is 67.4. The summed E-state index contributed by atoms with van der Waals surface area (Å²) in [5.41, 5.74) is -0.00324. The lowest BCUT2D eigenvalue weighted by atomic mass is 10.0. The first-order chi connectivity index (χ1) is 15.1. The van der Waals surface area contributed by atoms with Crippen LogP contribution in [0.3, 0.4) is 0 Å². The number of hydrogen-bond donors (Lipinski definition) is 2. The number of aromatic amines is 1. The van der Waals surface area contributed by atoms with E-state index >= 15 is 0 Å². The lowest BCUT2D eigenvalue weighted by Gasteiger charge is -2.12. The van der Waals surface area contributed by atoms with Gasteiger partial charge in [0.2, 0.25) is 5.91 Å². The van der Waals surface area contributed by atoms with Crippen LogP contribution in [0.25, 0.3) is 22.2 Å². The van der Waals surface area contributed by atoms with Crippen LogP contribution >= 0.6 is 0 Å². The number of anilines is 1. The molecule has 32 heavy (non-hydrogen) atoms. The Kier molecular flexibility index (Phi) is 5.37. The molecule has 4 rings (SSSR count). The van der Waals surface area contributed by atoms with Gasteiger partial charge < -0.3 is 10.3 Å². The molecule has 164 valence electrons. The molecular weight excluding hydrogens is 431 g/mol. The van der Waals surface area contributed by atoms with Crippen molar-refractivity contribution in [2.45, 2.75) is 19.5 Å². The van der Waals surface area contributed by atoms with Gasteiger partial charge in [-0.2, -0.15) is 13.2 Å². The Hall–Kier alpha value is -3.82. The third-order valence-electron chi connectivity index (χ3n) is 4.89. The minimum absolute atomic E-state index is 0.0456. The predicted molar refractivity (Wildman–Crippen MR) is 108 cm³/mol. The molecule has 4 aromatic rings. The van der Waals surface area contributed by atoms with Gasteiger partial charge in [-0.3, -0.25) is 9.78 Å². The van der Waals surface area contributed by atoms with E-state index in [1.807, 2.05) is 0 Å². The third-order valence-corrected chi connectivity index (χ3v) is 4.89. The van der Waals surface area contributed by atoms with Crippen molar-refractivity contribution in [3.05, 3.63) is 77.4 Å². The maximum Gasteiger partial charge on any atom is 0.418 e. The van der Waals surface area contributed by atoms with Crippen molar-refractivity contribution >= 4 is 22.6 Å². The molecule has 0 unspecified atom stereocenters. The second-order valence-electron chi connectivity index (χ2n) is 7.14. The number of alkyl halides is 3. The standard InChI is InChI=1S/C22H15F5N4O/c1-11-17(22(25,26)27)7-15(9-28-11)31-20(32)6-13-3-2-12(5-18(13)23)14-4-16-19(24)10-30-21(16)29-8-14/h2-5,7-10H,6H2,1H3,(H,29,30)(H,31,32). The van der Waals surface area contributed by atoms with E-state index in [1.54, 1.807) is 6.07 Å². The molecule has 3 aromatic heterocycles. The summed E-state index contributed by atoms with van der Waals surface area (Å²) in [7, 11) is 0. The molecule has 1 aromatic carbocycles. The van der Waals surface area contributed by atoms with E-state index < -0.39 is 35.7 Å². The highest BCUT2D eigenvalue weighted by atomic mass is 19.4. The molecular formula is C22H15F5N4O. The van der Waals surface area contributed by atoms with Crippen molar-refractivity contribution in [3.63, 3.8) is 0 Å². The lowest BCUT2D eigenvalue weighted by Crippen LogP contribution is -2.17. The second-order valence-corrected chi connectivity index (χ2v) is 7.14. The fraction of sp³-hybridized carbons (Fsp3) is 0.136. The number of H-pyrrole nitrogens is 1. The highest BCUT2D eigenvalue weighted by molar-refractivity contribution is 5.92. The van der Waals surface area contributed by atoms with Gasteiger partial charge in [0.05, 0.1) is 29.3 Å². The van der Waals surface area contributed by atoms with E-state index in [-0.39, 0.29) is 22.3 Å². The fourth-order valence-electron chi connectivity index (χ4n) is 3.27. The van der Waals surface area contributed by atoms with Gasteiger partial charge >= 0.3 is 6.18 Å². The molecule has 0 aliphatic heterocycles. The second kappa shape index (κ2) is 8.03. The summed E-state index contributed by atoms with van der Waals surface area (Å²) in [5, 5.41) is 2.56. The van der Waals surface area contributed by atoms with Crippen molar-refractivity contribution in [2.75, 3.05) is 5.32 Å². The summed E-state index contributed by atoms with van der Waals surface area (Å²) in [6.45, 7) is 1.21. The maximum atomic E-state index is 14.6. The van der Waals surface area contributed by atoms with E-state index in [1.165, 1.54) is 37.5 Å². The number of pyridine rings is 2. The minimum atomic E-state index is -4.61. The third kappa shape index (κ3) is 4.29. The van der Waals surface area contributed by atoms with Crippen LogP contribution in [0.4, 0.5) is 27.6 Å². The molecule has 0 saturated heterocycles. The number of carbonyl (C=O) groups excluding carboxylic acids is 1. The quantitative estimate of drug-likeness (QED) is 0.412. The van der Waals surface area contributed by atoms with Crippen molar-refractivity contribution in [1.82, 2.24) is 15.0 Å². The summed E-state index contributed by atoms with van der Waals surface area (Å²) >= 11 is 0. The number of nitrogens with one attached hydrogen (secondary N) is 2. The first-order valence-electron chi connectivity index (χ1n) is 9.37. The van der Waals surface area contributed by atoms with E-state index in [0.717, 1.165) is 12.3 Å². The van der Waals surface area contributed by atoms with Crippen molar-refractivity contribution in [1.29, 1.82) is 0 Å². The Labute approximate surface area is 178 Å². The van der Waals surface area contributed by atoms with Crippen LogP contribution in [0.15, 0.2) is 48.9 Å². The fourth-order valence-corrected chi connectivity index (χ4v) is 3.27. The number of fused-ring (bicyclic) bond motifs is 1. The Morgan fingerprint density at radius 3 is 2.53 bits per heavy atom. The molecule has 3 heterocycles. The normalized spacial score (nSPS) is 11.7. The van der Waals surface area contributed by atoms with Gasteiger partial charge in [0, 0.05) is 23.7 Å². The Morgan fingerprint density at radius 2 is 1.81 bits per heavy atom. The van der Waals surface area contributed by atoms with Gasteiger partial charge in [0.15, 0.2) is 0 Å². The van der Waals surface area contributed by atoms with Crippen LogP contribution in [-0.2, 0) is 17.4 Å². The molecule has 0 atom stereocenters. The molecule has 0 spiro atoms. The number of carbonyl (C=O) groups is 1. The molecule has 5 nitrogen and oxygen atoms in total. The van der Waals surface area contributed by atoms with Crippen molar-refractivity contribution in [2.24, 2.45) is 0 Å². The summed E-state index contributed by atoms with van der Waals surface area (Å²) in [4.78, 5) is 22.7. The zero-order valence-corrected chi connectivity index (χ0v) is 16.5. The van der Waals surface area contributed by atoms with Crippen LogP contribution in [0.5, 0.6) is 0 Å². The average molecular weight is 446 g/mol. The smallest absolute Gasteiger partial charge is 0.343 e. The van der Waals surface area contributed by atoms with Gasteiger partial charge in [-0.15, -0.1) is 0 Å². The van der Waals surface area contributed by atoms with Crippen LogP contribution < -0.4 is 5.32 Å². The molecule has 0 bridgehead atoms. The van der Waals surface area contributed by atoms with E-state index in [9.17, 15) is 26.7 Å². The zero-order chi connectivity index (χ0) is 23.0. The van der Waals surface area contributed by atoms with Crippen LogP contribution in [0.2, 0.25) is 0 Å². The molecule has 0 radical (unpaired) electrons. The molecule has 0 aliphatic rings. The molecule has 0 fully saturated rings. The summed E-state index contributed by atoms with van der Waals surface area (Å²) in [6.07, 6.45) is -1.27. The monoisotopic (exact) mass is 446 g/mol. The highest BCUT2D eigenvalue weighted by Crippen LogP contribution is 2.32. The number of halogens is 5.